The second-order valence-electron chi connectivity index (χ2n) is 5.69. The van der Waals surface area contributed by atoms with E-state index in [1.807, 2.05) is 54.6 Å². The minimum absolute atomic E-state index is 0.128. The number of benzene rings is 3. The van der Waals surface area contributed by atoms with Gasteiger partial charge in [-0.05, 0) is 16.8 Å². The lowest BCUT2D eigenvalue weighted by Crippen LogP contribution is -2.02. The lowest BCUT2D eigenvalue weighted by atomic mass is 9.97. The van der Waals surface area contributed by atoms with Crippen LogP contribution in [0.15, 0.2) is 72.9 Å². The third-order valence-electron chi connectivity index (χ3n) is 4.22. The summed E-state index contributed by atoms with van der Waals surface area (Å²) in [6, 6.07) is 20.6. The van der Waals surface area contributed by atoms with Gasteiger partial charge < -0.3 is 4.57 Å². The van der Waals surface area contributed by atoms with Crippen LogP contribution in [0.2, 0.25) is 0 Å². The number of hydrogen-bond acceptors (Lipinski definition) is 3. The van der Waals surface area contributed by atoms with Crippen molar-refractivity contribution in [3.63, 3.8) is 0 Å². The summed E-state index contributed by atoms with van der Waals surface area (Å²) >= 11 is 0. The highest BCUT2D eigenvalue weighted by Crippen LogP contribution is 2.26. The Morgan fingerprint density at radius 3 is 2.28 bits per heavy atom. The van der Waals surface area contributed by atoms with Gasteiger partial charge >= 0.3 is 0 Å². The van der Waals surface area contributed by atoms with Gasteiger partial charge in [0.2, 0.25) is 10.3 Å². The third-order valence-corrected chi connectivity index (χ3v) is 4.62. The zero-order valence-corrected chi connectivity index (χ0v) is 13.9. The molecule has 0 radical (unpaired) electrons. The van der Waals surface area contributed by atoms with Crippen molar-refractivity contribution in [2.45, 2.75) is 0 Å². The molecule has 0 aliphatic carbocycles. The van der Waals surface area contributed by atoms with E-state index in [1.54, 1.807) is 18.3 Å². The Bertz CT molecular complexity index is 1250. The highest BCUT2D eigenvalue weighted by molar-refractivity contribution is 7.71. The second-order valence-corrected chi connectivity index (χ2v) is 6.42. The summed E-state index contributed by atoms with van der Waals surface area (Å²) < 4.78 is 23.6. The van der Waals surface area contributed by atoms with E-state index in [-0.39, 0.29) is 5.78 Å². The predicted molar refractivity (Wildman–Crippen MR) is 99.7 cm³/mol. The summed E-state index contributed by atoms with van der Waals surface area (Å²) in [5.74, 6) is -0.128. The van der Waals surface area contributed by atoms with Crippen molar-refractivity contribution < 1.29 is 13.2 Å². The Morgan fingerprint density at radius 1 is 0.800 bits per heavy atom. The Morgan fingerprint density at radius 2 is 1.48 bits per heavy atom. The van der Waals surface area contributed by atoms with Crippen molar-refractivity contribution in [1.82, 2.24) is 4.57 Å². The zero-order chi connectivity index (χ0) is 17.4. The normalized spacial score (nSPS) is 10.9. The lowest BCUT2D eigenvalue weighted by molar-refractivity contribution is 0.104. The first-order valence-corrected chi connectivity index (χ1v) is 8.84. The van der Waals surface area contributed by atoms with E-state index in [9.17, 15) is 13.2 Å². The van der Waals surface area contributed by atoms with E-state index in [0.29, 0.717) is 16.6 Å². The van der Waals surface area contributed by atoms with Crippen LogP contribution in [-0.4, -0.2) is 24.3 Å². The minimum Gasteiger partial charge on any atom is -0.309 e. The maximum absolute atomic E-state index is 13.2. The van der Waals surface area contributed by atoms with Crippen LogP contribution in [0, 0.1) is 0 Å². The molecule has 122 valence electrons. The molecule has 0 spiro atoms. The molecule has 0 unspecified atom stereocenters. The van der Waals surface area contributed by atoms with Gasteiger partial charge in [-0.1, -0.05) is 60.7 Å². The van der Waals surface area contributed by atoms with E-state index in [1.165, 1.54) is 4.57 Å². The number of fused-ring (bicyclic) bond motifs is 2. The number of para-hydroxylation sites is 1. The molecule has 0 amide bonds. The van der Waals surface area contributed by atoms with Crippen molar-refractivity contribution in [1.29, 1.82) is 0 Å². The van der Waals surface area contributed by atoms with E-state index in [0.717, 1.165) is 21.7 Å². The number of carbonyl (C=O) groups is 1. The quantitative estimate of drug-likeness (QED) is 0.421. The molecule has 0 saturated heterocycles. The maximum Gasteiger partial charge on any atom is 0.231 e. The lowest BCUT2D eigenvalue weighted by Gasteiger charge is -2.05. The molecule has 4 aromatic rings. The molecule has 0 aliphatic rings. The summed E-state index contributed by atoms with van der Waals surface area (Å²) in [6.07, 6.45) is 1.57. The molecule has 1 heterocycles. The van der Waals surface area contributed by atoms with Crippen molar-refractivity contribution in [3.8, 4) is 0 Å². The van der Waals surface area contributed by atoms with Crippen molar-refractivity contribution in [2.75, 3.05) is 0 Å². The molecule has 0 saturated carbocycles. The van der Waals surface area contributed by atoms with Gasteiger partial charge in [-0.15, -0.1) is 0 Å². The number of ketones is 1. The first-order valence-electron chi connectivity index (χ1n) is 7.70. The fourth-order valence-electron chi connectivity index (χ4n) is 3.13. The van der Waals surface area contributed by atoms with E-state index < -0.39 is 10.3 Å². The molecule has 5 heteroatoms. The molecule has 4 rings (SSSR count). The summed E-state index contributed by atoms with van der Waals surface area (Å²) in [6.45, 7) is 0. The van der Waals surface area contributed by atoms with Gasteiger partial charge in [0.1, 0.15) is 5.49 Å². The zero-order valence-electron chi connectivity index (χ0n) is 13.1. The molecule has 0 bridgehead atoms. The monoisotopic (exact) mass is 347 g/mol. The van der Waals surface area contributed by atoms with Crippen LogP contribution in [0.25, 0.3) is 21.7 Å². The Balaban J connectivity index is 1.98. The van der Waals surface area contributed by atoms with Crippen LogP contribution in [0.5, 0.6) is 0 Å². The number of aromatic nitrogens is 1. The molecule has 0 aliphatic heterocycles. The van der Waals surface area contributed by atoms with Crippen molar-refractivity contribution >= 4 is 43.2 Å². The average Bonchev–Trinajstić information content (AvgIpc) is 2.99. The summed E-state index contributed by atoms with van der Waals surface area (Å²) in [5.41, 5.74) is 2.82. The molecule has 25 heavy (non-hydrogen) atoms. The number of carbonyl (C=O) groups excluding carboxylic acids is 1. The minimum atomic E-state index is -2.36. The smallest absolute Gasteiger partial charge is 0.231 e. The molecule has 0 atom stereocenters. The highest BCUT2D eigenvalue weighted by Gasteiger charge is 2.18. The number of hydrogen-bond donors (Lipinski definition) is 0. The largest absolute Gasteiger partial charge is 0.309 e. The van der Waals surface area contributed by atoms with E-state index >= 15 is 0 Å². The Labute approximate surface area is 145 Å². The maximum atomic E-state index is 13.2. The number of nitrogens with zero attached hydrogens (tertiary/aromatic N) is 1. The van der Waals surface area contributed by atoms with Crippen LogP contribution in [0.4, 0.5) is 0 Å². The summed E-state index contributed by atoms with van der Waals surface area (Å²) in [7, 11) is -2.36. The van der Waals surface area contributed by atoms with Gasteiger partial charge in [0.15, 0.2) is 5.78 Å². The molecule has 3 aromatic carbocycles. The molecule has 4 nitrogen and oxygen atoms in total. The van der Waals surface area contributed by atoms with Crippen LogP contribution < -0.4 is 0 Å². The van der Waals surface area contributed by atoms with Crippen molar-refractivity contribution in [2.24, 2.45) is 0 Å². The van der Waals surface area contributed by atoms with Gasteiger partial charge in [-0.3, -0.25) is 4.79 Å². The van der Waals surface area contributed by atoms with Gasteiger partial charge in [0, 0.05) is 22.7 Å². The topological polar surface area (TPSA) is 56.1 Å². The van der Waals surface area contributed by atoms with Crippen LogP contribution in [0.1, 0.15) is 15.9 Å². The Hall–Kier alpha value is -3.18. The molecular formula is C20H13NO3S. The fraction of sp³-hybridized carbons (Fsp3) is 0. The molecule has 0 fully saturated rings. The second kappa shape index (κ2) is 6.03. The number of rotatable bonds is 3. The van der Waals surface area contributed by atoms with Gasteiger partial charge in [-0.25, -0.2) is 0 Å². The van der Waals surface area contributed by atoms with Crippen LogP contribution in [0.3, 0.4) is 0 Å². The SMILES string of the molecule is O=C(c1cccc2ccccc12)c1cn(C=S(=O)=O)c2ccccc12. The van der Waals surface area contributed by atoms with Gasteiger partial charge in [0.25, 0.3) is 0 Å². The van der Waals surface area contributed by atoms with Crippen LogP contribution >= 0.6 is 0 Å². The third kappa shape index (κ3) is 2.64. The molecule has 1 aromatic heterocycles. The standard InChI is InChI=1S/C20H13NO3S/c22-20(17-10-5-7-14-6-1-2-8-15(14)17)18-12-21(13-25(23)24)19-11-4-3-9-16(18)19/h1-13H. The molecule has 0 N–H and O–H groups in total. The summed E-state index contributed by atoms with van der Waals surface area (Å²) in [5, 5.41) is 2.59. The first kappa shape index (κ1) is 15.4. The van der Waals surface area contributed by atoms with Gasteiger partial charge in [0.05, 0.1) is 5.52 Å². The van der Waals surface area contributed by atoms with Crippen molar-refractivity contribution in [3.05, 3.63) is 84.1 Å². The van der Waals surface area contributed by atoms with Crippen LogP contribution in [-0.2, 0) is 10.3 Å². The van der Waals surface area contributed by atoms with E-state index in [2.05, 4.69) is 0 Å². The Kier molecular flexibility index (Phi) is 3.71. The first-order chi connectivity index (χ1) is 12.1. The fourth-order valence-corrected chi connectivity index (χ4v) is 3.49. The summed E-state index contributed by atoms with van der Waals surface area (Å²) in [4.78, 5) is 13.2. The predicted octanol–water partition coefficient (Wildman–Crippen LogP) is 3.51. The van der Waals surface area contributed by atoms with E-state index in [4.69, 9.17) is 0 Å². The highest BCUT2D eigenvalue weighted by atomic mass is 32.2. The average molecular weight is 347 g/mol. The van der Waals surface area contributed by atoms with Gasteiger partial charge in [-0.2, -0.15) is 8.42 Å². The molecular weight excluding hydrogens is 334 g/mol.